The van der Waals surface area contributed by atoms with E-state index < -0.39 is 0 Å². The smallest absolute Gasteiger partial charge is 0.186 e. The van der Waals surface area contributed by atoms with E-state index in [0.29, 0.717) is 11.6 Å². The molecule has 2 N–H and O–H groups in total. The van der Waals surface area contributed by atoms with E-state index in [-0.39, 0.29) is 0 Å². The second-order valence-electron chi connectivity index (χ2n) is 4.37. The van der Waals surface area contributed by atoms with Crippen LogP contribution in [-0.2, 0) is 0 Å². The lowest BCUT2D eigenvalue weighted by Crippen LogP contribution is -1.88. The van der Waals surface area contributed by atoms with Crippen LogP contribution in [0, 0.1) is 6.92 Å². The summed E-state index contributed by atoms with van der Waals surface area (Å²) < 4.78 is 7.44. The predicted octanol–water partition coefficient (Wildman–Crippen LogP) is 5.49. The number of nitrogen functional groups attached to an aromatic ring is 1. The molecular formula is C14H10Br2N2OS. The molecule has 0 aliphatic carbocycles. The van der Waals surface area contributed by atoms with E-state index in [1.54, 1.807) is 11.3 Å². The summed E-state index contributed by atoms with van der Waals surface area (Å²) in [4.78, 5) is 0.976. The fraction of sp³-hybridized carbons (Fsp3) is 0.0714. The third kappa shape index (κ3) is 2.43. The zero-order valence-corrected chi connectivity index (χ0v) is 14.5. The average molecular weight is 414 g/mol. The van der Waals surface area contributed by atoms with Crippen LogP contribution in [-0.4, -0.2) is 5.16 Å². The van der Waals surface area contributed by atoms with Crippen molar-refractivity contribution in [3.63, 3.8) is 0 Å². The third-order valence-electron chi connectivity index (χ3n) is 2.89. The summed E-state index contributed by atoms with van der Waals surface area (Å²) in [6, 6.07) is 10.1. The van der Waals surface area contributed by atoms with Gasteiger partial charge in [0.1, 0.15) is 0 Å². The van der Waals surface area contributed by atoms with Gasteiger partial charge in [0.15, 0.2) is 11.6 Å². The zero-order chi connectivity index (χ0) is 14.3. The van der Waals surface area contributed by atoms with Gasteiger partial charge in [-0.05, 0) is 50.4 Å². The van der Waals surface area contributed by atoms with Crippen molar-refractivity contribution in [2.45, 2.75) is 6.92 Å². The lowest BCUT2D eigenvalue weighted by Gasteiger charge is -2.02. The number of nitrogens with zero attached hydrogens (tertiary/aromatic N) is 1. The summed E-state index contributed by atoms with van der Waals surface area (Å²) in [5.41, 5.74) is 9.01. The van der Waals surface area contributed by atoms with Crippen LogP contribution < -0.4 is 5.73 Å². The number of rotatable bonds is 2. The minimum absolute atomic E-state index is 0.409. The number of hydrogen-bond acceptors (Lipinski definition) is 4. The predicted molar refractivity (Wildman–Crippen MR) is 89.8 cm³/mol. The molecule has 0 aliphatic heterocycles. The van der Waals surface area contributed by atoms with Gasteiger partial charge in [0.05, 0.1) is 14.2 Å². The van der Waals surface area contributed by atoms with Crippen LogP contribution in [0.1, 0.15) is 5.56 Å². The summed E-state index contributed by atoms with van der Waals surface area (Å²) in [5, 5.41) is 3.92. The van der Waals surface area contributed by atoms with E-state index in [0.717, 1.165) is 24.3 Å². The van der Waals surface area contributed by atoms with Crippen molar-refractivity contribution in [3.05, 3.63) is 44.2 Å². The first-order chi connectivity index (χ1) is 9.56. The number of thiophene rings is 1. The highest BCUT2D eigenvalue weighted by molar-refractivity contribution is 9.13. The molecule has 0 saturated heterocycles. The lowest BCUT2D eigenvalue weighted by atomic mass is 10.0. The first kappa shape index (κ1) is 13.9. The molecule has 0 unspecified atom stereocenters. The summed E-state index contributed by atoms with van der Waals surface area (Å²) in [5.74, 6) is 1.11. The van der Waals surface area contributed by atoms with E-state index >= 15 is 0 Å². The maximum atomic E-state index is 5.98. The molecule has 2 heterocycles. The minimum atomic E-state index is 0.409. The molecule has 0 bridgehead atoms. The average Bonchev–Trinajstić information content (AvgIpc) is 2.93. The highest BCUT2D eigenvalue weighted by Gasteiger charge is 2.20. The van der Waals surface area contributed by atoms with Crippen molar-refractivity contribution < 1.29 is 4.52 Å². The Kier molecular flexibility index (Phi) is 3.70. The van der Waals surface area contributed by atoms with Crippen molar-refractivity contribution in [2.75, 3.05) is 5.73 Å². The van der Waals surface area contributed by atoms with Gasteiger partial charge >= 0.3 is 0 Å². The number of aromatic nitrogens is 1. The fourth-order valence-electron chi connectivity index (χ4n) is 2.01. The Morgan fingerprint density at radius 1 is 1.25 bits per heavy atom. The molecule has 0 fully saturated rings. The van der Waals surface area contributed by atoms with Gasteiger partial charge in [0.25, 0.3) is 0 Å². The van der Waals surface area contributed by atoms with Gasteiger partial charge in [-0.15, -0.1) is 11.3 Å². The van der Waals surface area contributed by atoms with Crippen molar-refractivity contribution in [3.8, 4) is 21.8 Å². The summed E-state index contributed by atoms with van der Waals surface area (Å²) in [6.45, 7) is 2.05. The van der Waals surface area contributed by atoms with E-state index in [9.17, 15) is 0 Å². The molecule has 0 atom stereocenters. The largest absolute Gasteiger partial charge is 0.380 e. The van der Waals surface area contributed by atoms with Crippen molar-refractivity contribution in [2.24, 2.45) is 0 Å². The number of nitrogens with two attached hydrogens (primary N) is 1. The van der Waals surface area contributed by atoms with Crippen LogP contribution in [0.25, 0.3) is 21.8 Å². The SMILES string of the molecule is Cc1cccc(-c2c(N)noc2-c2cc(Br)c(Br)s2)c1. The van der Waals surface area contributed by atoms with Crippen molar-refractivity contribution in [1.29, 1.82) is 0 Å². The Labute approximate surface area is 137 Å². The van der Waals surface area contributed by atoms with Gasteiger partial charge in [0.2, 0.25) is 0 Å². The van der Waals surface area contributed by atoms with Gasteiger partial charge in [-0.3, -0.25) is 0 Å². The summed E-state index contributed by atoms with van der Waals surface area (Å²) in [6.07, 6.45) is 0. The first-order valence-electron chi connectivity index (χ1n) is 5.83. The van der Waals surface area contributed by atoms with Gasteiger partial charge in [-0.1, -0.05) is 35.0 Å². The maximum Gasteiger partial charge on any atom is 0.186 e. The summed E-state index contributed by atoms with van der Waals surface area (Å²) >= 11 is 8.55. The van der Waals surface area contributed by atoms with E-state index in [2.05, 4.69) is 43.1 Å². The number of benzene rings is 1. The molecule has 0 saturated carbocycles. The van der Waals surface area contributed by atoms with Gasteiger partial charge in [0, 0.05) is 4.47 Å². The number of aryl methyl sites for hydroxylation is 1. The molecule has 3 nitrogen and oxygen atoms in total. The molecule has 20 heavy (non-hydrogen) atoms. The Morgan fingerprint density at radius 2 is 2.05 bits per heavy atom. The van der Waals surface area contributed by atoms with Gasteiger partial charge in [-0.2, -0.15) is 0 Å². The van der Waals surface area contributed by atoms with Crippen LogP contribution in [0.4, 0.5) is 5.82 Å². The molecule has 0 spiro atoms. The first-order valence-corrected chi connectivity index (χ1v) is 8.24. The molecule has 6 heteroatoms. The molecule has 0 amide bonds. The zero-order valence-electron chi connectivity index (χ0n) is 10.5. The summed E-state index contributed by atoms with van der Waals surface area (Å²) in [7, 11) is 0. The molecule has 102 valence electrons. The molecular weight excluding hydrogens is 404 g/mol. The monoisotopic (exact) mass is 412 g/mol. The molecule has 1 aromatic carbocycles. The van der Waals surface area contributed by atoms with Crippen molar-refractivity contribution in [1.82, 2.24) is 5.16 Å². The Morgan fingerprint density at radius 3 is 2.70 bits per heavy atom. The Hall–Kier alpha value is -1.11. The van der Waals surface area contributed by atoms with Crippen LogP contribution in [0.15, 0.2) is 43.1 Å². The topological polar surface area (TPSA) is 52.0 Å². The maximum absolute atomic E-state index is 5.98. The van der Waals surface area contributed by atoms with Gasteiger partial charge < -0.3 is 10.3 Å². The fourth-order valence-corrected chi connectivity index (χ4v) is 4.03. The standard InChI is InChI=1S/C14H10Br2N2OS/c1-7-3-2-4-8(5-7)11-12(19-18-14(11)17)10-6-9(15)13(16)20-10/h2-6H,1H3,(H2,17,18). The van der Waals surface area contributed by atoms with Crippen LogP contribution >= 0.6 is 43.2 Å². The van der Waals surface area contributed by atoms with E-state index in [1.807, 2.05) is 31.2 Å². The number of anilines is 1. The Bertz CT molecular complexity index is 760. The highest BCUT2D eigenvalue weighted by Crippen LogP contribution is 2.43. The second-order valence-corrected chi connectivity index (χ2v) is 7.60. The number of halogens is 2. The molecule has 3 rings (SSSR count). The molecule has 2 aromatic heterocycles. The van der Waals surface area contributed by atoms with E-state index in [4.69, 9.17) is 10.3 Å². The number of hydrogen-bond donors (Lipinski definition) is 1. The van der Waals surface area contributed by atoms with E-state index in [1.165, 1.54) is 5.56 Å². The van der Waals surface area contributed by atoms with Crippen LogP contribution in [0.5, 0.6) is 0 Å². The van der Waals surface area contributed by atoms with Crippen LogP contribution in [0.3, 0.4) is 0 Å². The lowest BCUT2D eigenvalue weighted by molar-refractivity contribution is 0.437. The second kappa shape index (κ2) is 5.35. The molecule has 3 aromatic rings. The molecule has 0 radical (unpaired) electrons. The van der Waals surface area contributed by atoms with Gasteiger partial charge in [-0.25, -0.2) is 0 Å². The third-order valence-corrected chi connectivity index (χ3v) is 6.15. The minimum Gasteiger partial charge on any atom is -0.380 e. The highest BCUT2D eigenvalue weighted by atomic mass is 79.9. The van der Waals surface area contributed by atoms with Crippen LogP contribution in [0.2, 0.25) is 0 Å². The quantitative estimate of drug-likeness (QED) is 0.604. The normalized spacial score (nSPS) is 10.9. The Balaban J connectivity index is 2.19. The molecule has 0 aliphatic rings. The van der Waals surface area contributed by atoms with Crippen molar-refractivity contribution >= 4 is 49.0 Å².